The van der Waals surface area contributed by atoms with Gasteiger partial charge in [-0.1, -0.05) is 0 Å². The van der Waals surface area contributed by atoms with E-state index in [0.717, 1.165) is 16.7 Å². The molecule has 0 atom stereocenters. The second-order valence-corrected chi connectivity index (χ2v) is 6.89. The van der Waals surface area contributed by atoms with Crippen LogP contribution in [0.3, 0.4) is 0 Å². The van der Waals surface area contributed by atoms with Gasteiger partial charge < -0.3 is 5.73 Å². The molecular formula is C14H20N4O2S. The summed E-state index contributed by atoms with van der Waals surface area (Å²) in [6, 6.07) is 3.13. The van der Waals surface area contributed by atoms with Crippen LogP contribution in [0.5, 0.6) is 0 Å². The molecule has 0 unspecified atom stereocenters. The lowest BCUT2D eigenvalue weighted by Crippen LogP contribution is -2.26. The van der Waals surface area contributed by atoms with Crippen molar-refractivity contribution in [2.75, 3.05) is 12.3 Å². The summed E-state index contributed by atoms with van der Waals surface area (Å²) in [7, 11) is -1.72. The molecule has 7 heteroatoms. The summed E-state index contributed by atoms with van der Waals surface area (Å²) >= 11 is 0. The number of aromatic nitrogens is 2. The number of benzene rings is 1. The minimum atomic E-state index is -3.54. The molecule has 0 fully saturated rings. The van der Waals surface area contributed by atoms with Gasteiger partial charge in [0.05, 0.1) is 11.1 Å². The average molecular weight is 308 g/mol. The maximum atomic E-state index is 12.3. The maximum Gasteiger partial charge on any atom is 0.240 e. The maximum absolute atomic E-state index is 12.3. The molecule has 0 aliphatic heterocycles. The number of sulfonamides is 1. The molecule has 6 nitrogen and oxygen atoms in total. The topological polar surface area (TPSA) is 90.0 Å². The van der Waals surface area contributed by atoms with Crippen molar-refractivity contribution in [2.45, 2.75) is 25.2 Å². The van der Waals surface area contributed by atoms with Crippen LogP contribution >= 0.6 is 0 Å². The standard InChI is InChI=1S/C14H20N4O2S/c1-10-6-13(7-14(15)11(10)2)21(19,20)17-5-4-12-8-16-18(3)9-12/h6-9,17H,4-5,15H2,1-3H3. The number of rotatable bonds is 5. The normalized spacial score (nSPS) is 11.8. The predicted molar refractivity (Wildman–Crippen MR) is 82.4 cm³/mol. The number of hydrogen-bond donors (Lipinski definition) is 2. The summed E-state index contributed by atoms with van der Waals surface area (Å²) in [6.45, 7) is 4.04. The molecule has 21 heavy (non-hydrogen) atoms. The molecule has 0 spiro atoms. The van der Waals surface area contributed by atoms with E-state index < -0.39 is 10.0 Å². The first-order valence-corrected chi connectivity index (χ1v) is 8.12. The molecule has 0 aliphatic rings. The Labute approximate surface area is 125 Å². The summed E-state index contributed by atoms with van der Waals surface area (Å²) in [5, 5.41) is 4.05. The number of nitrogen functional groups attached to an aromatic ring is 1. The Balaban J connectivity index is 2.08. The lowest BCUT2D eigenvalue weighted by molar-refractivity contribution is 0.581. The van der Waals surface area contributed by atoms with E-state index >= 15 is 0 Å². The number of nitrogens with zero attached hydrogens (tertiary/aromatic N) is 2. The Bertz CT molecular complexity index is 727. The summed E-state index contributed by atoms with van der Waals surface area (Å²) in [5.41, 5.74) is 9.08. The average Bonchev–Trinajstić information content (AvgIpc) is 2.81. The molecule has 0 saturated carbocycles. The predicted octanol–water partition coefficient (Wildman–Crippen LogP) is 1.14. The van der Waals surface area contributed by atoms with E-state index in [1.54, 1.807) is 16.9 Å². The van der Waals surface area contributed by atoms with Crippen LogP contribution in [0.15, 0.2) is 29.4 Å². The van der Waals surface area contributed by atoms with E-state index in [1.165, 1.54) is 6.07 Å². The molecule has 1 heterocycles. The number of hydrogen-bond acceptors (Lipinski definition) is 4. The molecule has 0 saturated heterocycles. The van der Waals surface area contributed by atoms with E-state index in [9.17, 15) is 8.42 Å². The van der Waals surface area contributed by atoms with Gasteiger partial charge >= 0.3 is 0 Å². The molecule has 2 aromatic rings. The second-order valence-electron chi connectivity index (χ2n) is 5.12. The minimum absolute atomic E-state index is 0.203. The van der Waals surface area contributed by atoms with Gasteiger partial charge in [0.15, 0.2) is 0 Å². The Morgan fingerprint density at radius 2 is 2.05 bits per heavy atom. The minimum Gasteiger partial charge on any atom is -0.398 e. The third-order valence-electron chi connectivity index (χ3n) is 3.46. The molecule has 2 rings (SSSR count). The lowest BCUT2D eigenvalue weighted by Gasteiger charge is -2.10. The van der Waals surface area contributed by atoms with Gasteiger partial charge in [-0.15, -0.1) is 0 Å². The molecule has 0 aliphatic carbocycles. The van der Waals surface area contributed by atoms with E-state index in [-0.39, 0.29) is 4.90 Å². The highest BCUT2D eigenvalue weighted by atomic mass is 32.2. The van der Waals surface area contributed by atoms with Crippen LogP contribution < -0.4 is 10.5 Å². The van der Waals surface area contributed by atoms with Crippen LogP contribution in [0.4, 0.5) is 5.69 Å². The number of nitrogens with two attached hydrogens (primary N) is 1. The summed E-state index contributed by atoms with van der Waals surface area (Å²) < 4.78 is 28.8. The summed E-state index contributed by atoms with van der Waals surface area (Å²) in [6.07, 6.45) is 4.18. The van der Waals surface area contributed by atoms with Gasteiger partial charge in [0.25, 0.3) is 0 Å². The van der Waals surface area contributed by atoms with Crippen molar-refractivity contribution < 1.29 is 8.42 Å². The molecule has 0 bridgehead atoms. The SMILES string of the molecule is Cc1cc(S(=O)(=O)NCCc2cnn(C)c2)cc(N)c1C. The fourth-order valence-corrected chi connectivity index (χ4v) is 3.17. The van der Waals surface area contributed by atoms with Crippen LogP contribution in [0.2, 0.25) is 0 Å². The first kappa shape index (κ1) is 15.5. The molecule has 0 amide bonds. The smallest absolute Gasteiger partial charge is 0.240 e. The van der Waals surface area contributed by atoms with Crippen LogP contribution in [0.1, 0.15) is 16.7 Å². The Morgan fingerprint density at radius 1 is 1.33 bits per heavy atom. The van der Waals surface area contributed by atoms with E-state index in [4.69, 9.17) is 5.73 Å². The van der Waals surface area contributed by atoms with Gasteiger partial charge in [-0.25, -0.2) is 13.1 Å². The highest BCUT2D eigenvalue weighted by molar-refractivity contribution is 7.89. The number of aryl methyl sites for hydroxylation is 2. The Hall–Kier alpha value is -1.86. The third kappa shape index (κ3) is 3.62. The largest absolute Gasteiger partial charge is 0.398 e. The zero-order valence-electron chi connectivity index (χ0n) is 12.4. The Morgan fingerprint density at radius 3 is 2.62 bits per heavy atom. The van der Waals surface area contributed by atoms with Gasteiger partial charge in [0, 0.05) is 25.5 Å². The van der Waals surface area contributed by atoms with E-state index in [1.807, 2.05) is 27.1 Å². The number of anilines is 1. The number of nitrogens with one attached hydrogen (secondary N) is 1. The summed E-state index contributed by atoms with van der Waals surface area (Å²) in [5.74, 6) is 0. The van der Waals surface area contributed by atoms with E-state index in [0.29, 0.717) is 18.7 Å². The van der Waals surface area contributed by atoms with Crippen LogP contribution in [-0.4, -0.2) is 24.7 Å². The van der Waals surface area contributed by atoms with Crippen molar-refractivity contribution in [3.05, 3.63) is 41.2 Å². The first-order valence-electron chi connectivity index (χ1n) is 6.63. The lowest BCUT2D eigenvalue weighted by atomic mass is 10.1. The third-order valence-corrected chi connectivity index (χ3v) is 4.90. The highest BCUT2D eigenvalue weighted by Crippen LogP contribution is 2.21. The fourth-order valence-electron chi connectivity index (χ4n) is 2.02. The van der Waals surface area contributed by atoms with Crippen LogP contribution in [-0.2, 0) is 23.5 Å². The summed E-state index contributed by atoms with van der Waals surface area (Å²) in [4.78, 5) is 0.203. The van der Waals surface area contributed by atoms with Gasteiger partial charge in [-0.2, -0.15) is 5.10 Å². The molecule has 3 N–H and O–H groups in total. The van der Waals surface area contributed by atoms with Crippen molar-refractivity contribution in [3.8, 4) is 0 Å². The van der Waals surface area contributed by atoms with E-state index in [2.05, 4.69) is 9.82 Å². The first-order chi connectivity index (χ1) is 9.79. The van der Waals surface area contributed by atoms with Gasteiger partial charge in [-0.3, -0.25) is 4.68 Å². The second kappa shape index (κ2) is 5.87. The van der Waals surface area contributed by atoms with Gasteiger partial charge in [0.2, 0.25) is 10.0 Å². The molecule has 1 aromatic heterocycles. The van der Waals surface area contributed by atoms with Crippen LogP contribution in [0, 0.1) is 13.8 Å². The molecular weight excluding hydrogens is 288 g/mol. The van der Waals surface area contributed by atoms with Crippen molar-refractivity contribution >= 4 is 15.7 Å². The van der Waals surface area contributed by atoms with Crippen molar-refractivity contribution in [1.29, 1.82) is 0 Å². The van der Waals surface area contributed by atoms with Gasteiger partial charge in [-0.05, 0) is 49.1 Å². The van der Waals surface area contributed by atoms with Crippen LogP contribution in [0.25, 0.3) is 0 Å². The quantitative estimate of drug-likeness (QED) is 0.811. The molecule has 114 valence electrons. The van der Waals surface area contributed by atoms with Crippen molar-refractivity contribution in [3.63, 3.8) is 0 Å². The Kier molecular flexibility index (Phi) is 4.34. The van der Waals surface area contributed by atoms with Crippen molar-refractivity contribution in [2.24, 2.45) is 7.05 Å². The monoisotopic (exact) mass is 308 g/mol. The molecule has 1 aromatic carbocycles. The molecule has 0 radical (unpaired) electrons. The zero-order chi connectivity index (χ0) is 15.6. The van der Waals surface area contributed by atoms with Gasteiger partial charge in [0.1, 0.15) is 0 Å². The highest BCUT2D eigenvalue weighted by Gasteiger charge is 2.15. The zero-order valence-corrected chi connectivity index (χ0v) is 13.2. The fraction of sp³-hybridized carbons (Fsp3) is 0.357. The van der Waals surface area contributed by atoms with Crippen molar-refractivity contribution in [1.82, 2.24) is 14.5 Å².